The molecule has 0 amide bonds. The van der Waals surface area contributed by atoms with Crippen LogP contribution in [-0.4, -0.2) is 30.9 Å². The summed E-state index contributed by atoms with van der Waals surface area (Å²) in [7, 11) is 1.40. The lowest BCUT2D eigenvalue weighted by molar-refractivity contribution is -0.127. The Morgan fingerprint density at radius 1 is 1.17 bits per heavy atom. The molecule has 5 atom stereocenters. The van der Waals surface area contributed by atoms with Crippen LogP contribution < -0.4 is 4.74 Å². The maximum atomic E-state index is 14.7. The van der Waals surface area contributed by atoms with Gasteiger partial charge in [0.25, 0.3) is 0 Å². The molecule has 3 unspecified atom stereocenters. The smallest absolute Gasteiger partial charge is 0.154 e. The number of halogens is 1. The number of ether oxygens (including phenoxy) is 2. The fraction of sp³-hybridized carbons (Fsp3) is 0.474. The number of rotatable bonds is 2. The van der Waals surface area contributed by atoms with Crippen LogP contribution in [0.2, 0.25) is 0 Å². The average Bonchev–Trinajstić information content (AvgIpc) is 3.23. The molecular formula is C19H17FO4. The molecule has 3 fully saturated rings. The molecule has 0 radical (unpaired) electrons. The predicted molar refractivity (Wildman–Crippen MR) is 83.1 cm³/mol. The summed E-state index contributed by atoms with van der Waals surface area (Å²) in [5.74, 6) is 2.63. The Kier molecular flexibility index (Phi) is 3.47. The molecule has 1 aromatic rings. The summed E-state index contributed by atoms with van der Waals surface area (Å²) in [6, 6.07) is 2.84. The lowest BCUT2D eigenvalue weighted by atomic mass is 9.81. The molecule has 1 aliphatic carbocycles. The predicted octanol–water partition coefficient (Wildman–Crippen LogP) is 2.23. The summed E-state index contributed by atoms with van der Waals surface area (Å²) in [6.07, 6.45) is 1.20. The second-order valence-electron chi connectivity index (χ2n) is 6.53. The van der Waals surface area contributed by atoms with Crippen molar-refractivity contribution in [2.24, 2.45) is 11.8 Å². The average molecular weight is 328 g/mol. The molecular weight excluding hydrogens is 311 g/mol. The van der Waals surface area contributed by atoms with Gasteiger partial charge in [0.2, 0.25) is 0 Å². The number of benzene rings is 1. The van der Waals surface area contributed by atoms with Crippen molar-refractivity contribution in [2.75, 3.05) is 7.11 Å². The minimum atomic E-state index is -1.09. The third-order valence-electron chi connectivity index (χ3n) is 5.37. The number of hydrogen-bond donors (Lipinski definition) is 0. The van der Waals surface area contributed by atoms with E-state index in [4.69, 9.17) is 9.47 Å². The Morgan fingerprint density at radius 2 is 1.79 bits per heavy atom. The van der Waals surface area contributed by atoms with E-state index < -0.39 is 23.6 Å². The maximum Gasteiger partial charge on any atom is 0.154 e. The Labute approximate surface area is 139 Å². The van der Waals surface area contributed by atoms with Crippen molar-refractivity contribution in [1.82, 2.24) is 0 Å². The van der Waals surface area contributed by atoms with Crippen molar-refractivity contribution < 1.29 is 23.5 Å². The number of Topliss-reactive ketones (excluding diaryl/α,β-unsaturated/α-hetero) is 2. The van der Waals surface area contributed by atoms with Crippen LogP contribution >= 0.6 is 0 Å². The van der Waals surface area contributed by atoms with Gasteiger partial charge >= 0.3 is 0 Å². The maximum absolute atomic E-state index is 14.7. The number of ketones is 2. The molecule has 3 aliphatic rings. The zero-order valence-electron chi connectivity index (χ0n) is 13.5. The molecule has 0 spiro atoms. The van der Waals surface area contributed by atoms with Gasteiger partial charge in [0.1, 0.15) is 17.5 Å². The van der Waals surface area contributed by atoms with Crippen LogP contribution in [0.25, 0.3) is 0 Å². The highest BCUT2D eigenvalue weighted by atomic mass is 19.1. The molecule has 24 heavy (non-hydrogen) atoms. The van der Waals surface area contributed by atoms with E-state index >= 15 is 0 Å². The van der Waals surface area contributed by atoms with Crippen LogP contribution in [0.4, 0.5) is 4.39 Å². The van der Waals surface area contributed by atoms with Crippen molar-refractivity contribution in [3.63, 3.8) is 0 Å². The standard InChI is InChI=1S/C19H17FO4/c1-3-4-9-7-10(20)14(13(8-9)23-2)17-18(21)15-11-5-6-12(24-11)16(15)19(17)22/h7-8,11-12,15-17H,5-6H2,1-2H3/t11-,12+,15?,16?,17?. The first kappa shape index (κ1) is 15.3. The summed E-state index contributed by atoms with van der Waals surface area (Å²) in [6.45, 7) is 1.65. The SMILES string of the molecule is CC#Cc1cc(F)c(C2C(=O)C3C(C2=O)[C@H]2CC[C@@H]3O2)c(OC)c1. The summed E-state index contributed by atoms with van der Waals surface area (Å²) in [4.78, 5) is 25.7. The van der Waals surface area contributed by atoms with Gasteiger partial charge in [-0.3, -0.25) is 9.59 Å². The largest absolute Gasteiger partial charge is 0.496 e. The van der Waals surface area contributed by atoms with E-state index in [1.165, 1.54) is 13.2 Å². The second-order valence-corrected chi connectivity index (χ2v) is 6.53. The molecule has 2 heterocycles. The topological polar surface area (TPSA) is 52.6 Å². The Morgan fingerprint density at radius 3 is 2.33 bits per heavy atom. The normalized spacial score (nSPS) is 33.4. The molecule has 2 bridgehead atoms. The van der Waals surface area contributed by atoms with Gasteiger partial charge in [-0.2, -0.15) is 0 Å². The Hall–Kier alpha value is -2.19. The molecule has 4 nitrogen and oxygen atoms in total. The van der Waals surface area contributed by atoms with Gasteiger partial charge in [0, 0.05) is 11.1 Å². The number of methoxy groups -OCH3 is 1. The molecule has 1 aromatic carbocycles. The third-order valence-corrected chi connectivity index (χ3v) is 5.37. The molecule has 2 saturated heterocycles. The summed E-state index contributed by atoms with van der Waals surface area (Å²) < 4.78 is 25.7. The van der Waals surface area contributed by atoms with Gasteiger partial charge in [-0.25, -0.2) is 4.39 Å². The zero-order valence-corrected chi connectivity index (χ0v) is 13.5. The first-order valence-corrected chi connectivity index (χ1v) is 8.10. The van der Waals surface area contributed by atoms with Crippen LogP contribution in [-0.2, 0) is 14.3 Å². The number of fused-ring (bicyclic) bond motifs is 5. The van der Waals surface area contributed by atoms with E-state index in [2.05, 4.69) is 11.8 Å². The van der Waals surface area contributed by atoms with Gasteiger partial charge in [-0.15, -0.1) is 5.92 Å². The van der Waals surface area contributed by atoms with Crippen LogP contribution in [0, 0.1) is 29.5 Å². The summed E-state index contributed by atoms with van der Waals surface area (Å²) in [5, 5.41) is 0. The van der Waals surface area contributed by atoms with E-state index in [1.807, 2.05) is 0 Å². The summed E-state index contributed by atoms with van der Waals surface area (Å²) in [5.41, 5.74) is 0.500. The van der Waals surface area contributed by atoms with Gasteiger partial charge < -0.3 is 9.47 Å². The van der Waals surface area contributed by atoms with E-state index in [0.717, 1.165) is 12.8 Å². The molecule has 2 aliphatic heterocycles. The van der Waals surface area contributed by atoms with Crippen molar-refractivity contribution in [2.45, 2.75) is 37.9 Å². The van der Waals surface area contributed by atoms with E-state index in [9.17, 15) is 14.0 Å². The van der Waals surface area contributed by atoms with Crippen molar-refractivity contribution in [3.05, 3.63) is 29.1 Å². The number of carbonyl (C=O) groups is 2. The molecule has 1 saturated carbocycles. The van der Waals surface area contributed by atoms with Gasteiger partial charge in [0.15, 0.2) is 11.6 Å². The van der Waals surface area contributed by atoms with Gasteiger partial charge in [-0.05, 0) is 31.9 Å². The molecule has 5 heteroatoms. The number of hydrogen-bond acceptors (Lipinski definition) is 4. The monoisotopic (exact) mass is 328 g/mol. The Balaban J connectivity index is 1.80. The summed E-state index contributed by atoms with van der Waals surface area (Å²) >= 11 is 0. The third kappa shape index (κ3) is 1.96. The Bertz CT molecular complexity index is 776. The van der Waals surface area contributed by atoms with E-state index in [0.29, 0.717) is 5.56 Å². The van der Waals surface area contributed by atoms with Crippen molar-refractivity contribution in [3.8, 4) is 17.6 Å². The van der Waals surface area contributed by atoms with Crippen LogP contribution in [0.3, 0.4) is 0 Å². The van der Waals surface area contributed by atoms with Gasteiger partial charge in [-0.1, -0.05) is 5.92 Å². The fourth-order valence-electron chi connectivity index (χ4n) is 4.47. The first-order chi connectivity index (χ1) is 11.6. The lowest BCUT2D eigenvalue weighted by Gasteiger charge is -2.16. The van der Waals surface area contributed by atoms with Crippen LogP contribution in [0.1, 0.15) is 36.8 Å². The number of carbonyl (C=O) groups excluding carboxylic acids is 2. The molecule has 0 N–H and O–H groups in total. The van der Waals surface area contributed by atoms with Crippen LogP contribution in [0.5, 0.6) is 5.75 Å². The fourth-order valence-corrected chi connectivity index (χ4v) is 4.47. The van der Waals surface area contributed by atoms with Crippen LogP contribution in [0.15, 0.2) is 12.1 Å². The van der Waals surface area contributed by atoms with E-state index in [-0.39, 0.29) is 35.1 Å². The van der Waals surface area contributed by atoms with E-state index in [1.54, 1.807) is 13.0 Å². The second kappa shape index (κ2) is 5.42. The quantitative estimate of drug-likeness (QED) is 0.617. The van der Waals surface area contributed by atoms with Crippen molar-refractivity contribution >= 4 is 11.6 Å². The van der Waals surface area contributed by atoms with Gasteiger partial charge in [0.05, 0.1) is 31.2 Å². The highest BCUT2D eigenvalue weighted by molar-refractivity contribution is 6.17. The molecule has 0 aromatic heterocycles. The highest BCUT2D eigenvalue weighted by Gasteiger charge is 2.63. The minimum Gasteiger partial charge on any atom is -0.496 e. The molecule has 124 valence electrons. The lowest BCUT2D eigenvalue weighted by Crippen LogP contribution is -2.29. The highest BCUT2D eigenvalue weighted by Crippen LogP contribution is 2.53. The zero-order chi connectivity index (χ0) is 17.0. The first-order valence-electron chi connectivity index (χ1n) is 8.10. The minimum absolute atomic E-state index is 0.0444. The van der Waals surface area contributed by atoms with Crippen molar-refractivity contribution in [1.29, 1.82) is 0 Å². The molecule has 4 rings (SSSR count).